The van der Waals surface area contributed by atoms with Crippen molar-refractivity contribution in [3.05, 3.63) is 71.6 Å². The highest BCUT2D eigenvalue weighted by Gasteiger charge is 2.17. The van der Waals surface area contributed by atoms with Crippen LogP contribution >= 0.6 is 0 Å². The summed E-state index contributed by atoms with van der Waals surface area (Å²) in [7, 11) is 0. The molecule has 0 fully saturated rings. The minimum absolute atomic E-state index is 0.113. The van der Waals surface area contributed by atoms with Crippen molar-refractivity contribution in [2.24, 2.45) is 0 Å². The highest BCUT2D eigenvalue weighted by Crippen LogP contribution is 2.31. The van der Waals surface area contributed by atoms with Gasteiger partial charge in [0.25, 0.3) is 0 Å². The number of aromatic nitrogens is 1. The average molecular weight is 281 g/mol. The van der Waals surface area contributed by atoms with Gasteiger partial charge in [0, 0.05) is 19.0 Å². The van der Waals surface area contributed by atoms with Crippen molar-refractivity contribution in [3.63, 3.8) is 0 Å². The van der Waals surface area contributed by atoms with E-state index in [1.165, 1.54) is 12.5 Å². The van der Waals surface area contributed by atoms with Crippen molar-refractivity contribution in [3.8, 4) is 5.75 Å². The molecule has 2 rings (SSSR count). The second-order valence-corrected chi connectivity index (χ2v) is 4.88. The lowest BCUT2D eigenvalue weighted by Crippen LogP contribution is -2.06. The third-order valence-electron chi connectivity index (χ3n) is 3.37. The molecule has 1 heterocycles. The van der Waals surface area contributed by atoms with E-state index in [2.05, 4.69) is 18.0 Å². The van der Waals surface area contributed by atoms with Crippen LogP contribution in [-0.2, 0) is 4.79 Å². The van der Waals surface area contributed by atoms with E-state index in [4.69, 9.17) is 4.74 Å². The molecular formula is C18H19NO2. The number of rotatable bonds is 4. The lowest BCUT2D eigenvalue weighted by atomic mass is 9.88. The minimum atomic E-state index is -0.311. The van der Waals surface area contributed by atoms with Gasteiger partial charge in [0.1, 0.15) is 5.75 Å². The maximum absolute atomic E-state index is 11.0. The number of hydrogen-bond acceptors (Lipinski definition) is 3. The normalized spacial score (nSPS) is 12.8. The minimum Gasteiger partial charge on any atom is -0.427 e. The maximum Gasteiger partial charge on any atom is 0.308 e. The van der Waals surface area contributed by atoms with Gasteiger partial charge in [-0.2, -0.15) is 0 Å². The van der Waals surface area contributed by atoms with Crippen molar-refractivity contribution in [2.75, 3.05) is 0 Å². The highest BCUT2D eigenvalue weighted by molar-refractivity contribution is 5.69. The maximum atomic E-state index is 11.0. The molecule has 108 valence electrons. The Bertz CT molecular complexity index is 630. The van der Waals surface area contributed by atoms with Crippen LogP contribution in [0.2, 0.25) is 0 Å². The van der Waals surface area contributed by atoms with E-state index < -0.39 is 0 Å². The summed E-state index contributed by atoms with van der Waals surface area (Å²) >= 11 is 0. The number of pyridine rings is 1. The quantitative estimate of drug-likeness (QED) is 0.481. The van der Waals surface area contributed by atoms with Crippen molar-refractivity contribution < 1.29 is 9.53 Å². The fourth-order valence-corrected chi connectivity index (χ4v) is 2.27. The Balaban J connectivity index is 2.36. The van der Waals surface area contributed by atoms with Crippen molar-refractivity contribution in [1.29, 1.82) is 0 Å². The van der Waals surface area contributed by atoms with Gasteiger partial charge in [-0.25, -0.2) is 0 Å². The Morgan fingerprint density at radius 2 is 1.86 bits per heavy atom. The fraction of sp³-hybridized carbons (Fsp3) is 0.222. The Labute approximate surface area is 125 Å². The van der Waals surface area contributed by atoms with Gasteiger partial charge in [0.15, 0.2) is 0 Å². The van der Waals surface area contributed by atoms with Gasteiger partial charge in [0.2, 0.25) is 0 Å². The number of benzene rings is 1. The lowest BCUT2D eigenvalue weighted by Gasteiger charge is -2.18. The van der Waals surface area contributed by atoms with Gasteiger partial charge >= 0.3 is 5.97 Å². The molecule has 0 aliphatic heterocycles. The molecule has 1 unspecified atom stereocenters. The van der Waals surface area contributed by atoms with Gasteiger partial charge in [0.05, 0.1) is 5.69 Å². The molecule has 3 nitrogen and oxygen atoms in total. The van der Waals surface area contributed by atoms with Gasteiger partial charge in [-0.15, -0.1) is 0 Å². The van der Waals surface area contributed by atoms with Crippen LogP contribution in [0.3, 0.4) is 0 Å². The van der Waals surface area contributed by atoms with Gasteiger partial charge in [-0.05, 0) is 43.7 Å². The predicted octanol–water partition coefficient (Wildman–Crippen LogP) is 4.11. The summed E-state index contributed by atoms with van der Waals surface area (Å²) in [5.74, 6) is 0.361. The summed E-state index contributed by atoms with van der Waals surface area (Å²) < 4.78 is 5.07. The molecule has 0 bridgehead atoms. The van der Waals surface area contributed by atoms with Crippen LogP contribution in [-0.4, -0.2) is 11.0 Å². The van der Waals surface area contributed by atoms with Crippen molar-refractivity contribution in [2.45, 2.75) is 26.7 Å². The molecule has 0 amide bonds. The Morgan fingerprint density at radius 1 is 1.14 bits per heavy atom. The second kappa shape index (κ2) is 6.84. The predicted molar refractivity (Wildman–Crippen MR) is 83.3 cm³/mol. The smallest absolute Gasteiger partial charge is 0.308 e. The first-order valence-corrected chi connectivity index (χ1v) is 6.94. The van der Waals surface area contributed by atoms with E-state index in [1.807, 2.05) is 49.4 Å². The Kier molecular flexibility index (Phi) is 4.88. The first-order valence-electron chi connectivity index (χ1n) is 6.94. The summed E-state index contributed by atoms with van der Waals surface area (Å²) in [5.41, 5.74) is 3.36. The molecule has 3 heteroatoms. The molecule has 2 aromatic rings. The third-order valence-corrected chi connectivity index (χ3v) is 3.37. The zero-order chi connectivity index (χ0) is 15.2. The number of carbonyl (C=O) groups excluding carboxylic acids is 1. The number of esters is 1. The molecule has 21 heavy (non-hydrogen) atoms. The van der Waals surface area contributed by atoms with Crippen LogP contribution in [0.25, 0.3) is 0 Å². The van der Waals surface area contributed by atoms with Gasteiger partial charge < -0.3 is 4.74 Å². The van der Waals surface area contributed by atoms with E-state index in [9.17, 15) is 4.79 Å². The lowest BCUT2D eigenvalue weighted by molar-refractivity contribution is -0.131. The summed E-state index contributed by atoms with van der Waals surface area (Å²) in [6.07, 6.45) is 3.90. The average Bonchev–Trinajstić information content (AvgIpc) is 2.49. The molecule has 1 aromatic heterocycles. The van der Waals surface area contributed by atoms with E-state index in [0.717, 1.165) is 11.3 Å². The number of hydrogen-bond donors (Lipinski definition) is 0. The summed E-state index contributed by atoms with van der Waals surface area (Å²) in [6.45, 7) is 5.52. The molecule has 1 atom stereocenters. The SMILES string of the molecule is CC=C(C)C(c1ccc(OC(C)=O)cc1)c1ccccn1. The van der Waals surface area contributed by atoms with Crippen molar-refractivity contribution in [1.82, 2.24) is 4.98 Å². The molecule has 0 aliphatic carbocycles. The van der Waals surface area contributed by atoms with Gasteiger partial charge in [-0.3, -0.25) is 9.78 Å². The first-order chi connectivity index (χ1) is 10.1. The zero-order valence-electron chi connectivity index (χ0n) is 12.5. The van der Waals surface area contributed by atoms with Crippen LogP contribution < -0.4 is 4.74 Å². The second-order valence-electron chi connectivity index (χ2n) is 4.88. The van der Waals surface area contributed by atoms with E-state index >= 15 is 0 Å². The summed E-state index contributed by atoms with van der Waals surface area (Å²) in [6, 6.07) is 13.5. The molecule has 0 saturated heterocycles. The standard InChI is InChI=1S/C18H19NO2/c1-4-13(2)18(17-7-5-6-12-19-17)15-8-10-16(11-9-15)21-14(3)20/h4-12,18H,1-3H3. The van der Waals surface area contributed by atoms with Crippen LogP contribution in [0.4, 0.5) is 0 Å². The third kappa shape index (κ3) is 3.78. The van der Waals surface area contributed by atoms with Crippen LogP contribution in [0.5, 0.6) is 5.75 Å². The van der Waals surface area contributed by atoms with E-state index in [-0.39, 0.29) is 11.9 Å². The zero-order valence-corrected chi connectivity index (χ0v) is 12.5. The highest BCUT2D eigenvalue weighted by atomic mass is 16.5. The summed E-state index contributed by atoms with van der Waals surface area (Å²) in [5, 5.41) is 0. The topological polar surface area (TPSA) is 39.2 Å². The Hall–Kier alpha value is -2.42. The largest absolute Gasteiger partial charge is 0.427 e. The fourth-order valence-electron chi connectivity index (χ4n) is 2.27. The molecule has 0 aliphatic rings. The molecule has 0 spiro atoms. The molecule has 0 N–H and O–H groups in total. The number of allylic oxidation sites excluding steroid dienone is 2. The number of ether oxygens (including phenoxy) is 1. The van der Waals surface area contributed by atoms with E-state index in [0.29, 0.717) is 5.75 Å². The monoisotopic (exact) mass is 281 g/mol. The van der Waals surface area contributed by atoms with Crippen molar-refractivity contribution >= 4 is 5.97 Å². The number of carbonyl (C=O) groups is 1. The number of nitrogens with zero attached hydrogens (tertiary/aromatic N) is 1. The summed E-state index contributed by atoms with van der Waals surface area (Å²) in [4.78, 5) is 15.4. The van der Waals surface area contributed by atoms with Crippen LogP contribution in [0, 0.1) is 0 Å². The Morgan fingerprint density at radius 3 is 2.38 bits per heavy atom. The molecule has 0 radical (unpaired) electrons. The van der Waals surface area contributed by atoms with Crippen LogP contribution in [0.15, 0.2) is 60.3 Å². The first kappa shape index (κ1) is 15.0. The molecule has 0 saturated carbocycles. The van der Waals surface area contributed by atoms with Crippen LogP contribution in [0.1, 0.15) is 37.9 Å². The molecular weight excluding hydrogens is 262 g/mol. The molecule has 1 aromatic carbocycles. The van der Waals surface area contributed by atoms with Gasteiger partial charge in [-0.1, -0.05) is 29.8 Å². The van der Waals surface area contributed by atoms with E-state index in [1.54, 1.807) is 6.20 Å².